The van der Waals surface area contributed by atoms with Gasteiger partial charge in [0.2, 0.25) is 5.91 Å². The molecule has 0 radical (unpaired) electrons. The molecule has 1 N–H and O–H groups in total. The molecule has 1 saturated heterocycles. The maximum atomic E-state index is 14.0. The molecule has 1 aliphatic heterocycles. The van der Waals surface area contributed by atoms with Crippen LogP contribution in [0.25, 0.3) is 0 Å². The Balaban J connectivity index is 1.29. The number of benzene rings is 2. The number of hydrogen-bond acceptors (Lipinski definition) is 6. The fraction of sp³-hybridized carbons (Fsp3) is 0.308. The molecule has 0 atom stereocenters. The van der Waals surface area contributed by atoms with Crippen LogP contribution < -0.4 is 10.1 Å². The number of thioether (sulfide) groups is 1. The minimum atomic E-state index is -0.373. The fourth-order valence-corrected chi connectivity index (χ4v) is 4.78. The summed E-state index contributed by atoms with van der Waals surface area (Å²) in [5.41, 5.74) is 1.47. The van der Waals surface area contributed by atoms with Crippen LogP contribution in [0.4, 0.5) is 4.39 Å². The van der Waals surface area contributed by atoms with E-state index in [0.717, 1.165) is 10.5 Å². The Labute approximate surface area is 208 Å². The highest BCUT2D eigenvalue weighted by Gasteiger charge is 2.24. The molecule has 0 unspecified atom stereocenters. The van der Waals surface area contributed by atoms with Crippen molar-refractivity contribution in [1.29, 1.82) is 0 Å². The molecule has 2 heterocycles. The zero-order valence-corrected chi connectivity index (χ0v) is 20.4. The number of nitrogens with one attached hydrogen (secondary N) is 1. The van der Waals surface area contributed by atoms with Crippen LogP contribution in [-0.2, 0) is 17.9 Å². The highest BCUT2D eigenvalue weighted by Crippen LogP contribution is 2.25. The van der Waals surface area contributed by atoms with Gasteiger partial charge < -0.3 is 19.4 Å². The van der Waals surface area contributed by atoms with Crippen molar-refractivity contribution in [1.82, 2.24) is 15.1 Å². The van der Waals surface area contributed by atoms with E-state index in [2.05, 4.69) is 10.2 Å². The summed E-state index contributed by atoms with van der Waals surface area (Å²) in [5, 5.41) is 2.82. The number of halogens is 1. The van der Waals surface area contributed by atoms with Gasteiger partial charge in [-0.05, 0) is 42.0 Å². The Morgan fingerprint density at radius 3 is 2.60 bits per heavy atom. The van der Waals surface area contributed by atoms with Crippen LogP contribution in [-0.4, -0.2) is 60.7 Å². The lowest BCUT2D eigenvalue weighted by molar-refractivity contribution is -0.118. The van der Waals surface area contributed by atoms with Gasteiger partial charge in [0.15, 0.2) is 11.6 Å². The molecule has 9 heteroatoms. The van der Waals surface area contributed by atoms with Gasteiger partial charge in [0.25, 0.3) is 5.91 Å². The van der Waals surface area contributed by atoms with E-state index in [1.165, 1.54) is 24.9 Å². The lowest BCUT2D eigenvalue weighted by atomic mass is 10.1. The van der Waals surface area contributed by atoms with Gasteiger partial charge in [-0.3, -0.25) is 14.5 Å². The first kappa shape index (κ1) is 24.8. The maximum Gasteiger partial charge on any atom is 0.255 e. The molecule has 3 aromatic rings. The Bertz CT molecular complexity index is 1150. The number of furan rings is 1. The number of methoxy groups -OCH3 is 1. The zero-order chi connectivity index (χ0) is 24.6. The molecular weight excluding hydrogens is 469 g/mol. The van der Waals surface area contributed by atoms with Crippen molar-refractivity contribution in [2.24, 2.45) is 0 Å². The van der Waals surface area contributed by atoms with Crippen molar-refractivity contribution >= 4 is 23.6 Å². The van der Waals surface area contributed by atoms with Crippen molar-refractivity contribution in [3.8, 4) is 5.75 Å². The van der Waals surface area contributed by atoms with Gasteiger partial charge in [0.1, 0.15) is 5.76 Å². The molecule has 2 amide bonds. The summed E-state index contributed by atoms with van der Waals surface area (Å²) >= 11 is 1.34. The summed E-state index contributed by atoms with van der Waals surface area (Å²) in [5.74, 6) is 0.585. The number of rotatable bonds is 9. The molecule has 0 spiro atoms. The average molecular weight is 498 g/mol. The van der Waals surface area contributed by atoms with Crippen molar-refractivity contribution in [3.63, 3.8) is 0 Å². The second kappa shape index (κ2) is 11.9. The monoisotopic (exact) mass is 497 g/mol. The third-order valence-corrected chi connectivity index (χ3v) is 6.87. The lowest BCUT2D eigenvalue weighted by Crippen LogP contribution is -2.48. The molecule has 4 rings (SSSR count). The first-order valence-corrected chi connectivity index (χ1v) is 12.4. The average Bonchev–Trinajstić information content (AvgIpc) is 3.40. The Kier molecular flexibility index (Phi) is 8.44. The first-order valence-electron chi connectivity index (χ1n) is 11.4. The van der Waals surface area contributed by atoms with Gasteiger partial charge in [-0.15, -0.1) is 11.8 Å². The SMILES string of the molecule is COc1ccc(CN2CCN(C(=O)c3ccccc3SCC(=O)NCc3ccco3)CC2)cc1F. The lowest BCUT2D eigenvalue weighted by Gasteiger charge is -2.35. The van der Waals surface area contributed by atoms with E-state index >= 15 is 0 Å². The summed E-state index contributed by atoms with van der Waals surface area (Å²) in [6.07, 6.45) is 1.57. The van der Waals surface area contributed by atoms with E-state index in [0.29, 0.717) is 50.6 Å². The smallest absolute Gasteiger partial charge is 0.255 e. The van der Waals surface area contributed by atoms with E-state index in [-0.39, 0.29) is 29.1 Å². The van der Waals surface area contributed by atoms with E-state index in [1.807, 2.05) is 29.2 Å². The van der Waals surface area contributed by atoms with Crippen molar-refractivity contribution in [3.05, 3.63) is 83.6 Å². The molecule has 7 nitrogen and oxygen atoms in total. The number of ether oxygens (including phenoxy) is 1. The molecule has 1 fully saturated rings. The van der Waals surface area contributed by atoms with Gasteiger partial charge in [-0.1, -0.05) is 18.2 Å². The Hall–Kier alpha value is -3.30. The molecule has 1 aromatic heterocycles. The summed E-state index contributed by atoms with van der Waals surface area (Å²) in [6, 6.07) is 15.9. The van der Waals surface area contributed by atoms with Crippen LogP contribution in [0.2, 0.25) is 0 Å². The van der Waals surface area contributed by atoms with Gasteiger partial charge in [0.05, 0.1) is 31.2 Å². The third kappa shape index (κ3) is 6.64. The predicted molar refractivity (Wildman–Crippen MR) is 132 cm³/mol. The van der Waals surface area contributed by atoms with Crippen molar-refractivity contribution in [2.45, 2.75) is 18.0 Å². The molecule has 35 heavy (non-hydrogen) atoms. The molecule has 0 saturated carbocycles. The molecular formula is C26H28FN3O4S. The predicted octanol–water partition coefficient (Wildman–Crippen LogP) is 3.79. The summed E-state index contributed by atoms with van der Waals surface area (Å²) < 4.78 is 24.2. The third-order valence-electron chi connectivity index (χ3n) is 5.80. The quantitative estimate of drug-likeness (QED) is 0.454. The normalized spacial score (nSPS) is 14.1. The number of amides is 2. The maximum absolute atomic E-state index is 14.0. The van der Waals surface area contributed by atoms with E-state index in [4.69, 9.17) is 9.15 Å². The largest absolute Gasteiger partial charge is 0.494 e. The van der Waals surface area contributed by atoms with Crippen LogP contribution in [0.1, 0.15) is 21.7 Å². The fourth-order valence-electron chi connectivity index (χ4n) is 3.91. The highest BCUT2D eigenvalue weighted by atomic mass is 32.2. The van der Waals surface area contributed by atoms with Crippen molar-refractivity contribution < 1.29 is 23.1 Å². The standard InChI is InChI=1S/C26H28FN3O4S/c1-33-23-9-8-19(15-22(23)27)17-29-10-12-30(13-11-29)26(32)21-6-2-3-7-24(21)35-18-25(31)28-16-20-5-4-14-34-20/h2-9,14-15H,10-13,16-18H2,1H3,(H,28,31). The molecule has 0 aliphatic carbocycles. The van der Waals surface area contributed by atoms with Gasteiger partial charge in [-0.2, -0.15) is 0 Å². The van der Waals surface area contributed by atoms with Crippen LogP contribution in [0, 0.1) is 5.82 Å². The van der Waals surface area contributed by atoms with Crippen LogP contribution in [0.3, 0.4) is 0 Å². The second-order valence-electron chi connectivity index (χ2n) is 8.18. The van der Waals surface area contributed by atoms with Crippen LogP contribution >= 0.6 is 11.8 Å². The number of hydrogen-bond donors (Lipinski definition) is 1. The van der Waals surface area contributed by atoms with E-state index in [9.17, 15) is 14.0 Å². The minimum absolute atomic E-state index is 0.0424. The van der Waals surface area contributed by atoms with Gasteiger partial charge in [-0.25, -0.2) is 4.39 Å². The molecule has 0 bridgehead atoms. The topological polar surface area (TPSA) is 75.0 Å². The number of carbonyl (C=O) groups is 2. The van der Waals surface area contributed by atoms with E-state index in [1.54, 1.807) is 30.5 Å². The van der Waals surface area contributed by atoms with Crippen LogP contribution in [0.15, 0.2) is 70.2 Å². The second-order valence-corrected chi connectivity index (χ2v) is 9.20. The number of carbonyl (C=O) groups excluding carboxylic acids is 2. The van der Waals surface area contributed by atoms with Gasteiger partial charge >= 0.3 is 0 Å². The molecule has 1 aliphatic rings. The summed E-state index contributed by atoms with van der Waals surface area (Å²) in [7, 11) is 1.45. The summed E-state index contributed by atoms with van der Waals surface area (Å²) in [4.78, 5) is 30.3. The Morgan fingerprint density at radius 1 is 1.09 bits per heavy atom. The van der Waals surface area contributed by atoms with Crippen LogP contribution in [0.5, 0.6) is 5.75 Å². The zero-order valence-electron chi connectivity index (χ0n) is 19.5. The van der Waals surface area contributed by atoms with E-state index < -0.39 is 0 Å². The molecule has 184 valence electrons. The summed E-state index contributed by atoms with van der Waals surface area (Å²) in [6.45, 7) is 3.51. The number of nitrogens with zero attached hydrogens (tertiary/aromatic N) is 2. The molecule has 2 aromatic carbocycles. The number of piperazine rings is 1. The van der Waals surface area contributed by atoms with Gasteiger partial charge in [0, 0.05) is 37.6 Å². The van der Waals surface area contributed by atoms with Crippen molar-refractivity contribution in [2.75, 3.05) is 39.0 Å². The Morgan fingerprint density at radius 2 is 1.89 bits per heavy atom. The first-order chi connectivity index (χ1) is 17.0. The highest BCUT2D eigenvalue weighted by molar-refractivity contribution is 8.00. The minimum Gasteiger partial charge on any atom is -0.494 e.